The van der Waals surface area contributed by atoms with Crippen LogP contribution in [0.15, 0.2) is 4.79 Å². The average Bonchev–Trinajstić information content (AvgIpc) is 2.20. The molecule has 6 heteroatoms. The molecular weight excluding hydrogens is 212 g/mol. The number of carboxylic acid groups (broad SMARTS) is 1. The van der Waals surface area contributed by atoms with E-state index in [1.165, 1.54) is 0 Å². The van der Waals surface area contributed by atoms with Crippen molar-refractivity contribution in [1.82, 2.24) is 9.97 Å². The molecule has 0 spiro atoms. The monoisotopic (exact) mass is 226 g/mol. The van der Waals surface area contributed by atoms with Crippen LogP contribution in [0.2, 0.25) is 0 Å². The first kappa shape index (κ1) is 12.4. The standard InChI is InChI=1S/C10H14N2O4/c1-6-7(5-9(13)14)10(15)12-8(11-6)3-4-16-2/h3-5H2,1-2H3,(H,13,14)(H,11,12,15). The molecule has 0 saturated carbocycles. The van der Waals surface area contributed by atoms with Crippen LogP contribution in [0, 0.1) is 6.92 Å². The highest BCUT2D eigenvalue weighted by Gasteiger charge is 2.11. The largest absolute Gasteiger partial charge is 0.481 e. The van der Waals surface area contributed by atoms with Crippen molar-refractivity contribution in [3.05, 3.63) is 27.4 Å². The third-order valence-electron chi connectivity index (χ3n) is 2.14. The zero-order valence-corrected chi connectivity index (χ0v) is 9.24. The van der Waals surface area contributed by atoms with Gasteiger partial charge in [-0.3, -0.25) is 9.59 Å². The van der Waals surface area contributed by atoms with Crippen LogP contribution in [0.4, 0.5) is 0 Å². The Bertz CT molecular complexity index is 439. The zero-order valence-electron chi connectivity index (χ0n) is 9.24. The Morgan fingerprint density at radius 3 is 2.75 bits per heavy atom. The van der Waals surface area contributed by atoms with Crippen LogP contribution in [0.25, 0.3) is 0 Å². The molecule has 88 valence electrons. The number of aromatic amines is 1. The van der Waals surface area contributed by atoms with Gasteiger partial charge in [0.15, 0.2) is 0 Å². The Morgan fingerprint density at radius 1 is 1.56 bits per heavy atom. The lowest BCUT2D eigenvalue weighted by Gasteiger charge is -2.05. The first-order chi connectivity index (χ1) is 7.54. The van der Waals surface area contributed by atoms with Crippen molar-refractivity contribution in [2.75, 3.05) is 13.7 Å². The van der Waals surface area contributed by atoms with Gasteiger partial charge in [-0.2, -0.15) is 0 Å². The van der Waals surface area contributed by atoms with E-state index in [-0.39, 0.29) is 17.5 Å². The van der Waals surface area contributed by atoms with Crippen LogP contribution in [0.5, 0.6) is 0 Å². The van der Waals surface area contributed by atoms with Gasteiger partial charge < -0.3 is 14.8 Å². The number of rotatable bonds is 5. The van der Waals surface area contributed by atoms with Gasteiger partial charge in [0.1, 0.15) is 5.82 Å². The van der Waals surface area contributed by atoms with Crippen LogP contribution in [-0.2, 0) is 22.4 Å². The van der Waals surface area contributed by atoms with E-state index >= 15 is 0 Å². The maximum Gasteiger partial charge on any atom is 0.308 e. The molecule has 0 aliphatic rings. The van der Waals surface area contributed by atoms with Gasteiger partial charge in [0, 0.05) is 24.8 Å². The van der Waals surface area contributed by atoms with Gasteiger partial charge in [0.2, 0.25) is 0 Å². The summed E-state index contributed by atoms with van der Waals surface area (Å²) in [7, 11) is 1.56. The molecular formula is C10H14N2O4. The molecule has 1 aromatic rings. The van der Waals surface area contributed by atoms with Gasteiger partial charge in [-0.05, 0) is 6.92 Å². The minimum absolute atomic E-state index is 0.202. The SMILES string of the molecule is COCCc1nc(C)c(CC(=O)O)c(=O)[nH]1. The molecule has 0 saturated heterocycles. The Balaban J connectivity index is 2.98. The lowest BCUT2D eigenvalue weighted by atomic mass is 10.1. The average molecular weight is 226 g/mol. The lowest BCUT2D eigenvalue weighted by molar-refractivity contribution is -0.136. The number of carbonyl (C=O) groups is 1. The van der Waals surface area contributed by atoms with E-state index in [1.54, 1.807) is 14.0 Å². The van der Waals surface area contributed by atoms with Crippen molar-refractivity contribution in [3.8, 4) is 0 Å². The summed E-state index contributed by atoms with van der Waals surface area (Å²) in [5.41, 5.74) is 0.270. The number of aromatic nitrogens is 2. The number of carboxylic acids is 1. The summed E-state index contributed by atoms with van der Waals surface area (Å²) < 4.78 is 4.86. The maximum absolute atomic E-state index is 11.6. The molecule has 1 rings (SSSR count). The highest BCUT2D eigenvalue weighted by atomic mass is 16.5. The summed E-state index contributed by atoms with van der Waals surface area (Å²) in [5.74, 6) is -0.529. The van der Waals surface area contributed by atoms with Gasteiger partial charge in [-0.25, -0.2) is 4.98 Å². The summed E-state index contributed by atoms with van der Waals surface area (Å²) in [4.78, 5) is 28.8. The number of aryl methyl sites for hydroxylation is 1. The van der Waals surface area contributed by atoms with E-state index in [9.17, 15) is 9.59 Å². The molecule has 6 nitrogen and oxygen atoms in total. The first-order valence-corrected chi connectivity index (χ1v) is 4.84. The van der Waals surface area contributed by atoms with Crippen LogP contribution in [0.3, 0.4) is 0 Å². The van der Waals surface area contributed by atoms with Gasteiger partial charge in [-0.15, -0.1) is 0 Å². The van der Waals surface area contributed by atoms with Crippen molar-refractivity contribution in [2.24, 2.45) is 0 Å². The molecule has 1 aromatic heterocycles. The Morgan fingerprint density at radius 2 is 2.25 bits per heavy atom. The van der Waals surface area contributed by atoms with Crippen LogP contribution in [0.1, 0.15) is 17.1 Å². The van der Waals surface area contributed by atoms with Gasteiger partial charge in [-0.1, -0.05) is 0 Å². The number of H-pyrrole nitrogens is 1. The minimum atomic E-state index is -1.04. The van der Waals surface area contributed by atoms with Crippen molar-refractivity contribution < 1.29 is 14.6 Å². The number of methoxy groups -OCH3 is 1. The predicted molar refractivity (Wildman–Crippen MR) is 56.5 cm³/mol. The summed E-state index contributed by atoms with van der Waals surface area (Å²) in [6.07, 6.45) is 0.193. The van der Waals surface area contributed by atoms with Crippen LogP contribution >= 0.6 is 0 Å². The zero-order chi connectivity index (χ0) is 12.1. The fraction of sp³-hybridized carbons (Fsp3) is 0.500. The van der Waals surface area contributed by atoms with Crippen LogP contribution in [-0.4, -0.2) is 34.8 Å². The molecule has 0 bridgehead atoms. The van der Waals surface area contributed by atoms with Gasteiger partial charge in [0.25, 0.3) is 5.56 Å². The topological polar surface area (TPSA) is 92.3 Å². The second kappa shape index (κ2) is 5.41. The molecule has 0 aliphatic carbocycles. The van der Waals surface area contributed by atoms with E-state index in [2.05, 4.69) is 9.97 Å². The highest BCUT2D eigenvalue weighted by Crippen LogP contribution is 2.01. The molecule has 0 aromatic carbocycles. The number of nitrogens with one attached hydrogen (secondary N) is 1. The third kappa shape index (κ3) is 3.16. The van der Waals surface area contributed by atoms with Crippen molar-refractivity contribution in [1.29, 1.82) is 0 Å². The quantitative estimate of drug-likeness (QED) is 0.731. The summed E-state index contributed by atoms with van der Waals surface area (Å²) in [6.45, 7) is 2.09. The van der Waals surface area contributed by atoms with Gasteiger partial charge in [0.05, 0.1) is 13.0 Å². The Labute approximate surface area is 92.3 Å². The fourth-order valence-corrected chi connectivity index (χ4v) is 1.35. The van der Waals surface area contributed by atoms with Crippen molar-refractivity contribution in [3.63, 3.8) is 0 Å². The number of ether oxygens (including phenoxy) is 1. The second-order valence-corrected chi connectivity index (χ2v) is 3.39. The number of aliphatic carboxylic acids is 1. The smallest absolute Gasteiger partial charge is 0.308 e. The van der Waals surface area contributed by atoms with Crippen molar-refractivity contribution >= 4 is 5.97 Å². The maximum atomic E-state index is 11.6. The summed E-state index contributed by atoms with van der Waals surface area (Å²) >= 11 is 0. The van der Waals surface area contributed by atoms with Crippen molar-refractivity contribution in [2.45, 2.75) is 19.8 Å². The molecule has 0 radical (unpaired) electrons. The second-order valence-electron chi connectivity index (χ2n) is 3.39. The number of nitrogens with zero attached hydrogens (tertiary/aromatic N) is 1. The molecule has 0 fully saturated rings. The predicted octanol–water partition coefficient (Wildman–Crippen LogP) is -0.106. The number of hydrogen-bond donors (Lipinski definition) is 2. The van der Waals surface area contributed by atoms with E-state index in [0.717, 1.165) is 0 Å². The van der Waals surface area contributed by atoms with Crippen LogP contribution < -0.4 is 5.56 Å². The Hall–Kier alpha value is -1.69. The lowest BCUT2D eigenvalue weighted by Crippen LogP contribution is -2.22. The van der Waals surface area contributed by atoms with E-state index in [0.29, 0.717) is 24.5 Å². The summed E-state index contributed by atoms with van der Waals surface area (Å²) in [6, 6.07) is 0. The Kier molecular flexibility index (Phi) is 4.19. The van der Waals surface area contributed by atoms with E-state index in [4.69, 9.17) is 9.84 Å². The molecule has 0 aliphatic heterocycles. The molecule has 16 heavy (non-hydrogen) atoms. The third-order valence-corrected chi connectivity index (χ3v) is 2.14. The molecule has 0 amide bonds. The summed E-state index contributed by atoms with van der Waals surface area (Å²) in [5, 5.41) is 8.63. The molecule has 0 unspecified atom stereocenters. The first-order valence-electron chi connectivity index (χ1n) is 4.84. The fourth-order valence-electron chi connectivity index (χ4n) is 1.35. The molecule has 1 heterocycles. The van der Waals surface area contributed by atoms with E-state index < -0.39 is 5.97 Å². The van der Waals surface area contributed by atoms with E-state index in [1.807, 2.05) is 0 Å². The minimum Gasteiger partial charge on any atom is -0.481 e. The normalized spacial score (nSPS) is 10.4. The molecule has 0 atom stereocenters. The highest BCUT2D eigenvalue weighted by molar-refractivity contribution is 5.70. The van der Waals surface area contributed by atoms with Gasteiger partial charge >= 0.3 is 5.97 Å². The molecule has 2 N–H and O–H groups in total. The number of hydrogen-bond acceptors (Lipinski definition) is 4.